The molecule has 4 aromatic rings. The highest BCUT2D eigenvalue weighted by Crippen LogP contribution is 2.42. The minimum absolute atomic E-state index is 0.0180. The molecule has 3 saturated heterocycles. The number of aliphatic hydroxyl groups excluding tert-OH is 1. The Hall–Kier alpha value is -3.91. The summed E-state index contributed by atoms with van der Waals surface area (Å²) in [6.07, 6.45) is 5.98. The first-order chi connectivity index (χ1) is 20.3. The summed E-state index contributed by atoms with van der Waals surface area (Å²) >= 11 is 0. The number of hydrogen-bond donors (Lipinski definition) is 2. The lowest BCUT2D eigenvalue weighted by molar-refractivity contribution is 0.129. The summed E-state index contributed by atoms with van der Waals surface area (Å²) in [5.41, 5.74) is 9.11. The molecule has 8 nitrogen and oxygen atoms in total. The molecule has 6 heterocycles. The van der Waals surface area contributed by atoms with Gasteiger partial charge in [0.25, 0.3) is 0 Å². The smallest absolute Gasteiger partial charge is 0.320 e. The van der Waals surface area contributed by atoms with Crippen molar-refractivity contribution in [2.45, 2.75) is 52.5 Å². The molecular formula is C34H40N6O2. The van der Waals surface area contributed by atoms with E-state index >= 15 is 0 Å². The normalized spacial score (nSPS) is 22.3. The molecule has 3 aromatic heterocycles. The van der Waals surface area contributed by atoms with E-state index < -0.39 is 0 Å². The van der Waals surface area contributed by atoms with Gasteiger partial charge >= 0.3 is 6.03 Å². The summed E-state index contributed by atoms with van der Waals surface area (Å²) in [5.74, 6) is 1.00. The zero-order valence-corrected chi connectivity index (χ0v) is 24.9. The minimum atomic E-state index is -0.0180. The predicted molar refractivity (Wildman–Crippen MR) is 167 cm³/mol. The Morgan fingerprint density at radius 3 is 2.52 bits per heavy atom. The van der Waals surface area contributed by atoms with E-state index in [1.54, 1.807) is 0 Å². The molecule has 3 fully saturated rings. The number of nitrogens with one attached hydrogen (secondary N) is 1. The number of aliphatic hydroxyl groups is 1. The van der Waals surface area contributed by atoms with Crippen molar-refractivity contribution < 1.29 is 9.90 Å². The average molecular weight is 565 g/mol. The van der Waals surface area contributed by atoms with Crippen molar-refractivity contribution in [2.24, 2.45) is 5.41 Å². The quantitative estimate of drug-likeness (QED) is 0.332. The Bertz CT molecular complexity index is 1630. The second-order valence-corrected chi connectivity index (χ2v) is 12.7. The molecule has 3 aliphatic rings. The molecule has 2 N–H and O–H groups in total. The van der Waals surface area contributed by atoms with Crippen molar-refractivity contribution in [1.82, 2.24) is 24.8 Å². The van der Waals surface area contributed by atoms with E-state index in [-0.39, 0.29) is 24.1 Å². The molecule has 218 valence electrons. The Labute approximate surface area is 247 Å². The summed E-state index contributed by atoms with van der Waals surface area (Å²) in [6, 6.07) is 15.3. The third kappa shape index (κ3) is 4.71. The van der Waals surface area contributed by atoms with Crippen LogP contribution in [0.4, 0.5) is 10.6 Å². The van der Waals surface area contributed by atoms with E-state index in [4.69, 9.17) is 4.98 Å². The topological polar surface area (TPSA) is 88.6 Å². The highest BCUT2D eigenvalue weighted by molar-refractivity contribution is 5.93. The van der Waals surface area contributed by atoms with Crippen LogP contribution in [-0.4, -0.2) is 81.3 Å². The molecular weight excluding hydrogens is 524 g/mol. The van der Waals surface area contributed by atoms with Gasteiger partial charge in [0.15, 0.2) is 0 Å². The monoisotopic (exact) mass is 564 g/mol. The highest BCUT2D eigenvalue weighted by atomic mass is 16.3. The first-order valence-corrected chi connectivity index (χ1v) is 15.3. The van der Waals surface area contributed by atoms with Gasteiger partial charge in [0.2, 0.25) is 0 Å². The maximum absolute atomic E-state index is 13.2. The number of rotatable bonds is 4. The predicted octanol–water partition coefficient (Wildman–Crippen LogP) is 5.70. The average Bonchev–Trinajstić information content (AvgIpc) is 3.79. The third-order valence-electron chi connectivity index (χ3n) is 9.81. The van der Waals surface area contributed by atoms with Crippen LogP contribution in [0.5, 0.6) is 0 Å². The molecule has 3 aliphatic heterocycles. The first kappa shape index (κ1) is 27.0. The zero-order chi connectivity index (χ0) is 29.0. The van der Waals surface area contributed by atoms with E-state index in [9.17, 15) is 9.90 Å². The molecule has 0 radical (unpaired) electrons. The molecule has 1 aromatic carbocycles. The fraction of sp³-hybridized carbons (Fsp3) is 0.441. The molecule has 7 rings (SSSR count). The maximum atomic E-state index is 13.2. The number of H-pyrrole nitrogens is 1. The largest absolute Gasteiger partial charge is 0.394 e. The lowest BCUT2D eigenvalue weighted by Gasteiger charge is -2.30. The highest BCUT2D eigenvalue weighted by Gasteiger charge is 2.46. The van der Waals surface area contributed by atoms with Gasteiger partial charge in [0.1, 0.15) is 5.82 Å². The van der Waals surface area contributed by atoms with Crippen LogP contribution in [0, 0.1) is 26.2 Å². The lowest BCUT2D eigenvalue weighted by atomic mass is 9.86. The number of aromatic nitrogens is 3. The van der Waals surface area contributed by atoms with Crippen LogP contribution in [-0.2, 0) is 0 Å². The molecule has 2 amide bonds. The second-order valence-electron chi connectivity index (χ2n) is 12.7. The number of urea groups is 1. The molecule has 2 atom stereocenters. The summed E-state index contributed by atoms with van der Waals surface area (Å²) in [7, 11) is 0. The van der Waals surface area contributed by atoms with Crippen LogP contribution in [0.25, 0.3) is 33.3 Å². The van der Waals surface area contributed by atoms with Crippen molar-refractivity contribution in [1.29, 1.82) is 0 Å². The molecule has 8 heteroatoms. The molecule has 0 bridgehead atoms. The van der Waals surface area contributed by atoms with Crippen LogP contribution in [0.2, 0.25) is 0 Å². The number of pyridine rings is 2. The Morgan fingerprint density at radius 1 is 0.976 bits per heavy atom. The van der Waals surface area contributed by atoms with Gasteiger partial charge in [0, 0.05) is 83.4 Å². The Balaban J connectivity index is 1.05. The van der Waals surface area contributed by atoms with Crippen LogP contribution < -0.4 is 4.90 Å². The number of nitrogens with zero attached hydrogens (tertiary/aromatic N) is 5. The van der Waals surface area contributed by atoms with E-state index in [1.165, 1.54) is 16.5 Å². The van der Waals surface area contributed by atoms with Crippen molar-refractivity contribution in [3.63, 3.8) is 0 Å². The molecule has 2 unspecified atom stereocenters. The van der Waals surface area contributed by atoms with Crippen LogP contribution in [0.15, 0.2) is 48.7 Å². The number of benzene rings is 1. The fourth-order valence-corrected chi connectivity index (χ4v) is 7.55. The van der Waals surface area contributed by atoms with Crippen molar-refractivity contribution in [3.8, 4) is 22.4 Å². The van der Waals surface area contributed by atoms with Crippen LogP contribution >= 0.6 is 0 Å². The van der Waals surface area contributed by atoms with Gasteiger partial charge < -0.3 is 24.8 Å². The summed E-state index contributed by atoms with van der Waals surface area (Å²) < 4.78 is 0. The number of fused-ring (bicyclic) bond motifs is 1. The van der Waals surface area contributed by atoms with Gasteiger partial charge in [-0.15, -0.1) is 0 Å². The standard InChI is InChI=1S/C34H40N6O2/c1-22-15-27(16-23(2)36-22)32-24(3)29-8-6-25(17-30(29)37-32)26-7-9-31(35-18-26)38-13-10-34(20-38)11-14-39(21-34)33(42)40-12-4-5-28(40)19-41/h6-9,15-18,28,37,41H,4-5,10-14,19-21H2,1-3H3. The van der Waals surface area contributed by atoms with Crippen molar-refractivity contribution in [2.75, 3.05) is 44.2 Å². The molecule has 0 aliphatic carbocycles. The van der Waals surface area contributed by atoms with Gasteiger partial charge in [-0.25, -0.2) is 9.78 Å². The summed E-state index contributed by atoms with van der Waals surface area (Å²) in [4.78, 5) is 32.6. The fourth-order valence-electron chi connectivity index (χ4n) is 7.55. The van der Waals surface area contributed by atoms with Crippen molar-refractivity contribution >= 4 is 22.8 Å². The van der Waals surface area contributed by atoms with E-state index in [0.29, 0.717) is 0 Å². The second kappa shape index (κ2) is 10.4. The number of carbonyl (C=O) groups excluding carboxylic acids is 1. The number of aromatic amines is 1. The van der Waals surface area contributed by atoms with Gasteiger partial charge in [-0.05, 0) is 87.9 Å². The lowest BCUT2D eigenvalue weighted by Crippen LogP contribution is -2.46. The van der Waals surface area contributed by atoms with Crippen molar-refractivity contribution in [3.05, 3.63) is 65.6 Å². The van der Waals surface area contributed by atoms with Crippen LogP contribution in [0.1, 0.15) is 42.6 Å². The SMILES string of the molecule is Cc1cc(-c2[nH]c3cc(-c4ccc(N5CCC6(CCN(C(=O)N7CCCC7CO)C6)C5)nc4)ccc3c2C)cc(C)n1. The van der Waals surface area contributed by atoms with Crippen LogP contribution in [0.3, 0.4) is 0 Å². The summed E-state index contributed by atoms with van der Waals surface area (Å²) in [5, 5.41) is 10.9. The molecule has 0 saturated carbocycles. The number of hydrogen-bond acceptors (Lipinski definition) is 5. The van der Waals surface area contributed by atoms with Gasteiger partial charge in [-0.1, -0.05) is 12.1 Å². The molecule has 1 spiro atoms. The zero-order valence-electron chi connectivity index (χ0n) is 24.9. The maximum Gasteiger partial charge on any atom is 0.320 e. The number of anilines is 1. The Kier molecular flexibility index (Phi) is 6.69. The van der Waals surface area contributed by atoms with E-state index in [0.717, 1.165) is 98.0 Å². The number of amides is 2. The molecule has 42 heavy (non-hydrogen) atoms. The number of likely N-dealkylation sites (tertiary alicyclic amines) is 2. The van der Waals surface area contributed by atoms with Gasteiger partial charge in [-0.2, -0.15) is 0 Å². The number of carbonyl (C=O) groups is 1. The summed E-state index contributed by atoms with van der Waals surface area (Å²) in [6.45, 7) is 10.6. The first-order valence-electron chi connectivity index (χ1n) is 15.3. The van der Waals surface area contributed by atoms with Gasteiger partial charge in [0.05, 0.1) is 12.6 Å². The van der Waals surface area contributed by atoms with E-state index in [2.05, 4.69) is 64.3 Å². The van der Waals surface area contributed by atoms with Gasteiger partial charge in [-0.3, -0.25) is 4.98 Å². The van der Waals surface area contributed by atoms with E-state index in [1.807, 2.05) is 29.8 Å². The number of aryl methyl sites for hydroxylation is 3. The third-order valence-corrected chi connectivity index (χ3v) is 9.81. The Morgan fingerprint density at radius 2 is 1.76 bits per heavy atom. The minimum Gasteiger partial charge on any atom is -0.394 e.